The second-order valence-corrected chi connectivity index (χ2v) is 6.27. The lowest BCUT2D eigenvalue weighted by atomic mass is 10.2. The second-order valence-electron chi connectivity index (χ2n) is 5.86. The summed E-state index contributed by atoms with van der Waals surface area (Å²) in [5, 5.41) is 5.97. The van der Waals surface area contributed by atoms with Crippen molar-refractivity contribution in [1.82, 2.24) is 5.32 Å². The largest absolute Gasteiger partial charge is 0.494 e. The standard InChI is InChI=1S/C20H24N2O2S/c1-3-4-5-13-24-18-11-9-16(10-12-18)19(23)22-20(25)21-17-8-6-7-15(2)14-17/h6-12,14H,3-5,13H2,1-2H3,(H2,21,22,23,25). The molecule has 0 heterocycles. The molecule has 0 aliphatic carbocycles. The van der Waals surface area contributed by atoms with Crippen LogP contribution in [0.3, 0.4) is 0 Å². The molecule has 132 valence electrons. The van der Waals surface area contributed by atoms with E-state index in [4.69, 9.17) is 17.0 Å². The number of benzene rings is 2. The van der Waals surface area contributed by atoms with E-state index in [-0.39, 0.29) is 11.0 Å². The first-order valence-corrected chi connectivity index (χ1v) is 8.91. The quantitative estimate of drug-likeness (QED) is 0.558. The van der Waals surface area contributed by atoms with Crippen molar-refractivity contribution in [2.45, 2.75) is 33.1 Å². The first-order chi connectivity index (χ1) is 12.1. The van der Waals surface area contributed by atoms with E-state index in [0.29, 0.717) is 12.2 Å². The molecule has 1 amide bonds. The van der Waals surface area contributed by atoms with Gasteiger partial charge >= 0.3 is 0 Å². The molecule has 0 aliphatic heterocycles. The van der Waals surface area contributed by atoms with Gasteiger partial charge in [0.25, 0.3) is 5.91 Å². The minimum atomic E-state index is -0.248. The zero-order valence-electron chi connectivity index (χ0n) is 14.7. The molecule has 0 atom stereocenters. The SMILES string of the molecule is CCCCCOc1ccc(C(=O)NC(=S)Nc2cccc(C)c2)cc1. The van der Waals surface area contributed by atoms with Gasteiger partial charge in [0.2, 0.25) is 0 Å². The first-order valence-electron chi connectivity index (χ1n) is 8.50. The summed E-state index contributed by atoms with van der Waals surface area (Å²) in [5.41, 5.74) is 2.50. The lowest BCUT2D eigenvalue weighted by Crippen LogP contribution is -2.34. The Hall–Kier alpha value is -2.40. The van der Waals surface area contributed by atoms with Crippen LogP contribution in [0.5, 0.6) is 5.75 Å². The van der Waals surface area contributed by atoms with Crippen LogP contribution in [0.1, 0.15) is 42.1 Å². The number of nitrogens with one attached hydrogen (secondary N) is 2. The van der Waals surface area contributed by atoms with Gasteiger partial charge in [0.15, 0.2) is 5.11 Å². The topological polar surface area (TPSA) is 50.4 Å². The van der Waals surface area contributed by atoms with Crippen LogP contribution in [0.4, 0.5) is 5.69 Å². The van der Waals surface area contributed by atoms with Crippen LogP contribution in [0.25, 0.3) is 0 Å². The number of unbranched alkanes of at least 4 members (excludes halogenated alkanes) is 2. The average molecular weight is 356 g/mol. The number of amides is 1. The van der Waals surface area contributed by atoms with Crippen LogP contribution in [-0.2, 0) is 0 Å². The number of hydrogen-bond acceptors (Lipinski definition) is 3. The van der Waals surface area contributed by atoms with E-state index in [1.54, 1.807) is 24.3 Å². The normalized spacial score (nSPS) is 10.2. The third kappa shape index (κ3) is 6.55. The van der Waals surface area contributed by atoms with E-state index in [2.05, 4.69) is 17.6 Å². The zero-order valence-corrected chi connectivity index (χ0v) is 15.5. The fraction of sp³-hybridized carbons (Fsp3) is 0.300. The van der Waals surface area contributed by atoms with E-state index >= 15 is 0 Å². The van der Waals surface area contributed by atoms with Gasteiger partial charge < -0.3 is 10.1 Å². The molecular formula is C20H24N2O2S. The molecule has 2 aromatic carbocycles. The predicted molar refractivity (Wildman–Crippen MR) is 106 cm³/mol. The minimum Gasteiger partial charge on any atom is -0.494 e. The van der Waals surface area contributed by atoms with E-state index in [0.717, 1.165) is 29.8 Å². The number of ether oxygens (including phenoxy) is 1. The number of carbonyl (C=O) groups excluding carboxylic acids is 1. The number of carbonyl (C=O) groups is 1. The molecular weight excluding hydrogens is 332 g/mol. The van der Waals surface area contributed by atoms with Crippen molar-refractivity contribution in [2.24, 2.45) is 0 Å². The third-order valence-electron chi connectivity index (χ3n) is 3.64. The van der Waals surface area contributed by atoms with Crippen molar-refractivity contribution < 1.29 is 9.53 Å². The average Bonchev–Trinajstić information content (AvgIpc) is 2.59. The summed E-state index contributed by atoms with van der Waals surface area (Å²) in [4.78, 5) is 12.2. The van der Waals surface area contributed by atoms with Crippen molar-refractivity contribution in [3.63, 3.8) is 0 Å². The number of hydrogen-bond donors (Lipinski definition) is 2. The summed E-state index contributed by atoms with van der Waals surface area (Å²) in [7, 11) is 0. The number of aryl methyl sites for hydroxylation is 1. The van der Waals surface area contributed by atoms with Crippen molar-refractivity contribution in [3.8, 4) is 5.75 Å². The van der Waals surface area contributed by atoms with Gasteiger partial charge in [0, 0.05) is 11.3 Å². The van der Waals surface area contributed by atoms with Gasteiger partial charge in [-0.05, 0) is 67.5 Å². The lowest BCUT2D eigenvalue weighted by molar-refractivity contribution is 0.0977. The molecule has 4 nitrogen and oxygen atoms in total. The zero-order chi connectivity index (χ0) is 18.1. The predicted octanol–water partition coefficient (Wildman–Crippen LogP) is 4.69. The Kier molecular flexibility index (Phi) is 7.41. The van der Waals surface area contributed by atoms with E-state index in [1.807, 2.05) is 31.2 Å². The van der Waals surface area contributed by atoms with Crippen molar-refractivity contribution in [1.29, 1.82) is 0 Å². The summed E-state index contributed by atoms with van der Waals surface area (Å²) in [6.45, 7) is 4.86. The summed E-state index contributed by atoms with van der Waals surface area (Å²) in [6.07, 6.45) is 3.36. The molecule has 0 spiro atoms. The molecule has 5 heteroatoms. The minimum absolute atomic E-state index is 0.248. The number of rotatable bonds is 7. The van der Waals surface area contributed by atoms with Gasteiger partial charge in [-0.1, -0.05) is 31.9 Å². The Bertz CT molecular complexity index is 714. The highest BCUT2D eigenvalue weighted by molar-refractivity contribution is 7.80. The molecule has 0 aromatic heterocycles. The van der Waals surface area contributed by atoms with Crippen LogP contribution in [0.15, 0.2) is 48.5 Å². The second kappa shape index (κ2) is 9.79. The molecule has 25 heavy (non-hydrogen) atoms. The van der Waals surface area contributed by atoms with Gasteiger partial charge in [0.05, 0.1) is 6.61 Å². The summed E-state index contributed by atoms with van der Waals surface area (Å²) in [6, 6.07) is 14.9. The van der Waals surface area contributed by atoms with E-state index in [9.17, 15) is 4.79 Å². The highest BCUT2D eigenvalue weighted by Gasteiger charge is 2.08. The molecule has 0 aliphatic rings. The molecule has 0 bridgehead atoms. The molecule has 0 fully saturated rings. The smallest absolute Gasteiger partial charge is 0.257 e. The summed E-state index contributed by atoms with van der Waals surface area (Å²) < 4.78 is 5.64. The maximum Gasteiger partial charge on any atom is 0.257 e. The Morgan fingerprint density at radius 2 is 1.88 bits per heavy atom. The van der Waals surface area contributed by atoms with E-state index < -0.39 is 0 Å². The van der Waals surface area contributed by atoms with Crippen LogP contribution >= 0.6 is 12.2 Å². The van der Waals surface area contributed by atoms with Gasteiger partial charge in [-0.25, -0.2) is 0 Å². The Labute approximate surface area is 154 Å². The maximum absolute atomic E-state index is 12.2. The Balaban J connectivity index is 1.84. The van der Waals surface area contributed by atoms with Crippen LogP contribution in [0.2, 0.25) is 0 Å². The first kappa shape index (κ1) is 18.9. The molecule has 0 unspecified atom stereocenters. The third-order valence-corrected chi connectivity index (χ3v) is 3.84. The highest BCUT2D eigenvalue weighted by Crippen LogP contribution is 2.13. The lowest BCUT2D eigenvalue weighted by Gasteiger charge is -2.10. The monoisotopic (exact) mass is 356 g/mol. The van der Waals surface area contributed by atoms with Crippen LogP contribution in [-0.4, -0.2) is 17.6 Å². The van der Waals surface area contributed by atoms with Gasteiger partial charge in [-0.15, -0.1) is 0 Å². The van der Waals surface area contributed by atoms with Crippen molar-refractivity contribution in [2.75, 3.05) is 11.9 Å². The fourth-order valence-corrected chi connectivity index (χ4v) is 2.52. The molecule has 2 rings (SSSR count). The summed E-state index contributed by atoms with van der Waals surface area (Å²) >= 11 is 5.20. The van der Waals surface area contributed by atoms with Gasteiger partial charge in [-0.2, -0.15) is 0 Å². The highest BCUT2D eigenvalue weighted by atomic mass is 32.1. The number of anilines is 1. The van der Waals surface area contributed by atoms with Gasteiger partial charge in [0.1, 0.15) is 5.75 Å². The van der Waals surface area contributed by atoms with Crippen molar-refractivity contribution >= 4 is 28.9 Å². The van der Waals surface area contributed by atoms with Crippen molar-refractivity contribution in [3.05, 3.63) is 59.7 Å². The molecule has 2 aromatic rings. The molecule has 0 saturated heterocycles. The summed E-state index contributed by atoms with van der Waals surface area (Å²) in [5.74, 6) is 0.524. The Morgan fingerprint density at radius 1 is 1.12 bits per heavy atom. The molecule has 0 saturated carbocycles. The van der Waals surface area contributed by atoms with Crippen LogP contribution < -0.4 is 15.4 Å². The Morgan fingerprint density at radius 3 is 2.56 bits per heavy atom. The maximum atomic E-state index is 12.2. The van der Waals surface area contributed by atoms with Gasteiger partial charge in [-0.3, -0.25) is 10.1 Å². The van der Waals surface area contributed by atoms with E-state index in [1.165, 1.54) is 6.42 Å². The van der Waals surface area contributed by atoms with Crippen LogP contribution in [0, 0.1) is 6.92 Å². The number of thiocarbonyl (C=S) groups is 1. The fourth-order valence-electron chi connectivity index (χ4n) is 2.31. The molecule has 2 N–H and O–H groups in total. The molecule has 0 radical (unpaired) electrons.